The van der Waals surface area contributed by atoms with Gasteiger partial charge in [-0.05, 0) is 50.1 Å². The summed E-state index contributed by atoms with van der Waals surface area (Å²) in [4.78, 5) is 12.0. The highest BCUT2D eigenvalue weighted by molar-refractivity contribution is 7.87. The summed E-state index contributed by atoms with van der Waals surface area (Å²) in [6.45, 7) is 7.40. The zero-order valence-corrected chi connectivity index (χ0v) is 18.5. The molecule has 0 saturated heterocycles. The van der Waals surface area contributed by atoms with Gasteiger partial charge in [-0.25, -0.2) is 0 Å². The van der Waals surface area contributed by atoms with Gasteiger partial charge in [0.25, 0.3) is 0 Å². The van der Waals surface area contributed by atoms with Crippen molar-refractivity contribution in [2.24, 2.45) is 0 Å². The molecule has 1 aromatic heterocycles. The van der Waals surface area contributed by atoms with E-state index in [-0.39, 0.29) is 18.2 Å². The number of rotatable bonds is 8. The molecule has 30 heavy (non-hydrogen) atoms. The van der Waals surface area contributed by atoms with Gasteiger partial charge in [0.1, 0.15) is 5.75 Å². The van der Waals surface area contributed by atoms with Crippen LogP contribution in [-0.4, -0.2) is 24.7 Å². The van der Waals surface area contributed by atoms with Crippen molar-refractivity contribution in [1.29, 1.82) is 0 Å². The van der Waals surface area contributed by atoms with Gasteiger partial charge in [0.2, 0.25) is 0 Å². The first kappa shape index (κ1) is 22.1. The number of benzene rings is 2. The highest BCUT2D eigenvalue weighted by Crippen LogP contribution is 2.34. The molecular formula is C23H24ClNO4S. The molecule has 7 heteroatoms. The number of hydrogen-bond donors (Lipinski definition) is 0. The molecule has 1 unspecified atom stereocenters. The van der Waals surface area contributed by atoms with E-state index in [1.807, 2.05) is 44.2 Å². The lowest BCUT2D eigenvalue weighted by atomic mass is 10.0. The van der Waals surface area contributed by atoms with E-state index < -0.39 is 16.1 Å². The molecule has 0 aliphatic carbocycles. The number of halogens is 1. The Balaban J connectivity index is 1.86. The van der Waals surface area contributed by atoms with Crippen molar-refractivity contribution in [3.8, 4) is 11.1 Å². The molecule has 0 bridgehead atoms. The van der Waals surface area contributed by atoms with E-state index in [4.69, 9.17) is 11.6 Å². The van der Waals surface area contributed by atoms with E-state index >= 15 is 0 Å². The van der Waals surface area contributed by atoms with E-state index in [1.54, 1.807) is 0 Å². The third kappa shape index (κ3) is 5.12. The number of aryl methyl sites for hydroxylation is 1. The Hall–Kier alpha value is -2.57. The molecule has 0 amide bonds. The normalized spacial score (nSPS) is 12.6. The molecule has 0 aliphatic rings. The fraction of sp³-hybridized carbons (Fsp3) is 0.261. The third-order valence-electron chi connectivity index (χ3n) is 4.93. The maximum atomic E-state index is 12.0. The lowest BCUT2D eigenvalue weighted by Crippen LogP contribution is -2.16. The molecular weight excluding hydrogens is 422 g/mol. The maximum absolute atomic E-state index is 12.0. The Labute approximate surface area is 182 Å². The number of carbonyl (C=O) groups is 1. The van der Waals surface area contributed by atoms with Gasteiger partial charge in [0.15, 0.2) is 0 Å². The van der Waals surface area contributed by atoms with Crippen molar-refractivity contribution in [2.45, 2.75) is 32.7 Å². The number of fused-ring (bicyclic) bond motifs is 1. The molecule has 0 N–H and O–H groups in total. The van der Waals surface area contributed by atoms with Crippen LogP contribution < -0.4 is 0 Å². The van der Waals surface area contributed by atoms with Crippen LogP contribution in [0, 0.1) is 6.92 Å². The molecule has 1 heterocycles. The topological polar surface area (TPSA) is 65.4 Å². The molecule has 0 aliphatic heterocycles. The molecule has 158 valence electrons. The second-order valence-electron chi connectivity index (χ2n) is 7.33. The SMILES string of the molecule is C=CCS(=O)(=O)OC(=O)CCC(C)n1cc(-c2ccc(Cl)cc2)c2cc(C)ccc21. The Morgan fingerprint density at radius 3 is 2.60 bits per heavy atom. The minimum absolute atomic E-state index is 0.000642. The molecule has 0 radical (unpaired) electrons. The number of hydrogen-bond acceptors (Lipinski definition) is 4. The van der Waals surface area contributed by atoms with Gasteiger partial charge in [-0.15, -0.1) is 6.58 Å². The molecule has 3 aromatic rings. The summed E-state index contributed by atoms with van der Waals surface area (Å²) < 4.78 is 29.9. The van der Waals surface area contributed by atoms with Gasteiger partial charge in [-0.3, -0.25) is 4.79 Å². The third-order valence-corrected chi connectivity index (χ3v) is 6.26. The van der Waals surface area contributed by atoms with Crippen LogP contribution in [0.15, 0.2) is 61.3 Å². The Morgan fingerprint density at radius 2 is 1.93 bits per heavy atom. The summed E-state index contributed by atoms with van der Waals surface area (Å²) in [6, 6.07) is 13.9. The molecule has 3 rings (SSSR count). The quantitative estimate of drug-likeness (QED) is 0.331. The molecule has 2 aromatic carbocycles. The summed E-state index contributed by atoms with van der Waals surface area (Å²) in [5.41, 5.74) is 4.33. The average Bonchev–Trinajstić information content (AvgIpc) is 3.05. The fourth-order valence-electron chi connectivity index (χ4n) is 3.42. The Bertz CT molecular complexity index is 1180. The zero-order chi connectivity index (χ0) is 21.9. The minimum atomic E-state index is -3.90. The van der Waals surface area contributed by atoms with Crippen LogP contribution in [0.5, 0.6) is 0 Å². The van der Waals surface area contributed by atoms with Crippen molar-refractivity contribution < 1.29 is 17.4 Å². The largest absolute Gasteiger partial charge is 0.345 e. The van der Waals surface area contributed by atoms with Gasteiger partial charge in [-0.1, -0.05) is 41.4 Å². The van der Waals surface area contributed by atoms with Gasteiger partial charge in [0.05, 0.1) is 0 Å². The molecule has 0 saturated carbocycles. The van der Waals surface area contributed by atoms with E-state index in [0.717, 1.165) is 27.6 Å². The Kier molecular flexibility index (Phi) is 6.68. The maximum Gasteiger partial charge on any atom is 0.322 e. The highest BCUT2D eigenvalue weighted by atomic mass is 35.5. The predicted octanol–water partition coefficient (Wildman–Crippen LogP) is 5.67. The zero-order valence-electron chi connectivity index (χ0n) is 17.0. The van der Waals surface area contributed by atoms with E-state index in [2.05, 4.69) is 33.7 Å². The molecule has 0 fully saturated rings. The molecule has 0 spiro atoms. The highest BCUT2D eigenvalue weighted by Gasteiger charge is 2.19. The average molecular weight is 446 g/mol. The number of aromatic nitrogens is 1. The standard InChI is InChI=1S/C23H24ClNO4S/c1-4-13-30(27,28)29-23(26)12-6-17(3)25-15-21(18-7-9-19(24)10-8-18)20-14-16(2)5-11-22(20)25/h4-5,7-11,14-15,17H,1,6,12-13H2,2-3H3. The van der Waals surface area contributed by atoms with Crippen molar-refractivity contribution >= 4 is 38.6 Å². The molecule has 5 nitrogen and oxygen atoms in total. The lowest BCUT2D eigenvalue weighted by Gasteiger charge is -2.15. The Morgan fingerprint density at radius 1 is 1.23 bits per heavy atom. The van der Waals surface area contributed by atoms with Gasteiger partial charge in [0, 0.05) is 40.1 Å². The van der Waals surface area contributed by atoms with Crippen LogP contribution in [0.25, 0.3) is 22.0 Å². The summed E-state index contributed by atoms with van der Waals surface area (Å²) >= 11 is 6.04. The van der Waals surface area contributed by atoms with Crippen LogP contribution in [-0.2, 0) is 19.1 Å². The van der Waals surface area contributed by atoms with Crippen LogP contribution in [0.1, 0.15) is 31.4 Å². The first-order chi connectivity index (χ1) is 14.2. The second kappa shape index (κ2) is 9.06. The number of nitrogens with zero attached hydrogens (tertiary/aromatic N) is 1. The van der Waals surface area contributed by atoms with Gasteiger partial charge >= 0.3 is 16.1 Å². The monoisotopic (exact) mass is 445 g/mol. The summed E-state index contributed by atoms with van der Waals surface area (Å²) in [6.07, 6.45) is 3.70. The van der Waals surface area contributed by atoms with Crippen LogP contribution in [0.4, 0.5) is 0 Å². The number of carbonyl (C=O) groups excluding carboxylic acids is 1. The first-order valence-corrected chi connectivity index (χ1v) is 11.6. The fourth-order valence-corrected chi connectivity index (χ4v) is 4.27. The van der Waals surface area contributed by atoms with Crippen molar-refractivity contribution in [3.05, 3.63) is 71.9 Å². The van der Waals surface area contributed by atoms with Crippen LogP contribution in [0.2, 0.25) is 5.02 Å². The second-order valence-corrected chi connectivity index (χ2v) is 9.39. The van der Waals surface area contributed by atoms with E-state index in [0.29, 0.717) is 11.4 Å². The van der Waals surface area contributed by atoms with E-state index in [9.17, 15) is 13.2 Å². The van der Waals surface area contributed by atoms with Crippen molar-refractivity contribution in [2.75, 3.05) is 5.75 Å². The predicted molar refractivity (Wildman–Crippen MR) is 121 cm³/mol. The summed E-state index contributed by atoms with van der Waals surface area (Å²) in [5.74, 6) is -1.14. The summed E-state index contributed by atoms with van der Waals surface area (Å²) in [7, 11) is -3.90. The van der Waals surface area contributed by atoms with Crippen LogP contribution >= 0.6 is 11.6 Å². The van der Waals surface area contributed by atoms with Crippen LogP contribution in [0.3, 0.4) is 0 Å². The van der Waals surface area contributed by atoms with Crippen molar-refractivity contribution in [1.82, 2.24) is 4.57 Å². The lowest BCUT2D eigenvalue weighted by molar-refractivity contribution is -0.134. The van der Waals surface area contributed by atoms with Crippen molar-refractivity contribution in [3.63, 3.8) is 0 Å². The van der Waals surface area contributed by atoms with E-state index in [1.165, 1.54) is 6.08 Å². The summed E-state index contributed by atoms with van der Waals surface area (Å²) in [5, 5.41) is 1.79. The molecule has 1 atom stereocenters. The van der Waals surface area contributed by atoms with Gasteiger partial charge in [-0.2, -0.15) is 8.42 Å². The van der Waals surface area contributed by atoms with Gasteiger partial charge < -0.3 is 8.75 Å². The smallest absolute Gasteiger partial charge is 0.322 e. The first-order valence-electron chi connectivity index (χ1n) is 9.63. The minimum Gasteiger partial charge on any atom is -0.345 e.